The van der Waals surface area contributed by atoms with Gasteiger partial charge in [-0.25, -0.2) is 8.42 Å². The molecule has 0 atom stereocenters. The highest BCUT2D eigenvalue weighted by Crippen LogP contribution is 2.30. The second kappa shape index (κ2) is 5.32. The Kier molecular flexibility index (Phi) is 4.29. The highest BCUT2D eigenvalue weighted by molar-refractivity contribution is 9.10. The van der Waals surface area contributed by atoms with Crippen LogP contribution in [0.2, 0.25) is 0 Å². The van der Waals surface area contributed by atoms with Crippen LogP contribution in [-0.4, -0.2) is 25.1 Å². The summed E-state index contributed by atoms with van der Waals surface area (Å²) in [5.41, 5.74) is -0.195. The number of alkyl halides is 1. The molecule has 0 heterocycles. The van der Waals surface area contributed by atoms with E-state index in [1.165, 1.54) is 19.2 Å². The predicted octanol–water partition coefficient (Wildman–Crippen LogP) is 1.70. The number of hydrogen-bond acceptors (Lipinski definition) is 5. The van der Waals surface area contributed by atoms with Gasteiger partial charge in [-0.2, -0.15) is 0 Å². The maximum Gasteiger partial charge on any atom is 0.312 e. The third-order valence-electron chi connectivity index (χ3n) is 1.79. The highest BCUT2D eigenvalue weighted by atomic mass is 79.9. The molecule has 1 N–H and O–H groups in total. The quantitative estimate of drug-likeness (QED) is 0.505. The lowest BCUT2D eigenvalue weighted by Crippen LogP contribution is -2.13. The van der Waals surface area contributed by atoms with Crippen LogP contribution < -0.4 is 9.46 Å². The lowest BCUT2D eigenvalue weighted by molar-refractivity contribution is -0.385. The number of nitro benzene ring substituents is 1. The fraction of sp³-hybridized carbons (Fsp3) is 0.250. The maximum atomic E-state index is 11.2. The SMILES string of the molecule is COc1ccc(NS(=O)(=O)CBr)cc1[N+](=O)[O-]. The number of nitro groups is 1. The summed E-state index contributed by atoms with van der Waals surface area (Å²) in [4.78, 5) is 10.1. The minimum absolute atomic E-state index is 0.0665. The molecule has 0 aliphatic heterocycles. The van der Waals surface area contributed by atoms with E-state index in [1.807, 2.05) is 0 Å². The first-order chi connectivity index (χ1) is 7.89. The Bertz CT molecular complexity index is 531. The summed E-state index contributed by atoms with van der Waals surface area (Å²) >= 11 is 2.79. The van der Waals surface area contributed by atoms with Crippen molar-refractivity contribution in [1.29, 1.82) is 0 Å². The standard InChI is InChI=1S/C8H9BrN2O5S/c1-16-8-3-2-6(4-7(8)11(12)13)10-17(14,15)5-9/h2-4,10H,5H2,1H3. The van der Waals surface area contributed by atoms with Gasteiger partial charge in [0.1, 0.15) is 4.66 Å². The van der Waals surface area contributed by atoms with Gasteiger partial charge < -0.3 is 4.74 Å². The molecule has 0 unspecified atom stereocenters. The van der Waals surface area contributed by atoms with E-state index in [0.717, 1.165) is 6.07 Å². The fourth-order valence-corrected chi connectivity index (χ4v) is 1.99. The van der Waals surface area contributed by atoms with Gasteiger partial charge in [0.2, 0.25) is 10.0 Å². The summed E-state index contributed by atoms with van der Waals surface area (Å²) < 4.78 is 29.2. The normalized spacial score (nSPS) is 10.9. The summed E-state index contributed by atoms with van der Waals surface area (Å²) in [5.74, 6) is 0.0665. The van der Waals surface area contributed by atoms with Crippen molar-refractivity contribution >= 4 is 37.3 Å². The van der Waals surface area contributed by atoms with Crippen LogP contribution in [0.4, 0.5) is 11.4 Å². The molecule has 1 rings (SSSR count). The predicted molar refractivity (Wildman–Crippen MR) is 66.0 cm³/mol. The molecule has 0 amide bonds. The van der Waals surface area contributed by atoms with E-state index in [-0.39, 0.29) is 21.8 Å². The summed E-state index contributed by atoms with van der Waals surface area (Å²) in [6, 6.07) is 3.80. The zero-order chi connectivity index (χ0) is 13.1. The van der Waals surface area contributed by atoms with Crippen molar-refractivity contribution in [2.45, 2.75) is 0 Å². The van der Waals surface area contributed by atoms with E-state index < -0.39 is 14.9 Å². The smallest absolute Gasteiger partial charge is 0.312 e. The van der Waals surface area contributed by atoms with Gasteiger partial charge in [-0.15, -0.1) is 0 Å². The molecule has 0 fully saturated rings. The van der Waals surface area contributed by atoms with Crippen LogP contribution in [0.1, 0.15) is 0 Å². The van der Waals surface area contributed by atoms with Crippen LogP contribution >= 0.6 is 15.9 Å². The summed E-state index contributed by atoms with van der Waals surface area (Å²) in [5, 5.41) is 10.7. The number of halogens is 1. The van der Waals surface area contributed by atoms with Crippen LogP contribution in [-0.2, 0) is 10.0 Å². The van der Waals surface area contributed by atoms with Crippen LogP contribution in [0.3, 0.4) is 0 Å². The molecule has 94 valence electrons. The molecule has 0 saturated heterocycles. The molecule has 1 aromatic carbocycles. The third-order valence-corrected chi connectivity index (χ3v) is 4.43. The second-order valence-corrected chi connectivity index (χ2v) is 6.00. The van der Waals surface area contributed by atoms with Gasteiger partial charge in [-0.1, -0.05) is 15.9 Å². The number of nitrogens with zero attached hydrogens (tertiary/aromatic N) is 1. The molecular weight excluding hydrogens is 316 g/mol. The first kappa shape index (κ1) is 13.7. The van der Waals surface area contributed by atoms with Gasteiger partial charge in [0.25, 0.3) is 0 Å². The Hall–Kier alpha value is -1.35. The number of rotatable bonds is 5. The molecule has 0 aliphatic rings. The van der Waals surface area contributed by atoms with E-state index in [9.17, 15) is 18.5 Å². The van der Waals surface area contributed by atoms with Crippen LogP contribution in [0, 0.1) is 10.1 Å². The monoisotopic (exact) mass is 324 g/mol. The minimum Gasteiger partial charge on any atom is -0.490 e. The Balaban J connectivity index is 3.13. The largest absolute Gasteiger partial charge is 0.490 e. The van der Waals surface area contributed by atoms with Crippen molar-refractivity contribution < 1.29 is 18.1 Å². The Morgan fingerprint density at radius 1 is 1.53 bits per heavy atom. The molecule has 0 aliphatic carbocycles. The lowest BCUT2D eigenvalue weighted by atomic mass is 10.2. The van der Waals surface area contributed by atoms with Crippen molar-refractivity contribution in [1.82, 2.24) is 0 Å². The van der Waals surface area contributed by atoms with Crippen molar-refractivity contribution in [3.63, 3.8) is 0 Å². The zero-order valence-electron chi connectivity index (χ0n) is 8.71. The Morgan fingerprint density at radius 3 is 2.65 bits per heavy atom. The molecule has 0 radical (unpaired) electrons. The molecule has 0 aromatic heterocycles. The Morgan fingerprint density at radius 2 is 2.18 bits per heavy atom. The molecule has 9 heteroatoms. The van der Waals surface area contributed by atoms with Crippen molar-refractivity contribution in [2.75, 3.05) is 16.5 Å². The lowest BCUT2D eigenvalue weighted by Gasteiger charge is -2.07. The number of anilines is 1. The van der Waals surface area contributed by atoms with E-state index >= 15 is 0 Å². The van der Waals surface area contributed by atoms with E-state index in [2.05, 4.69) is 20.7 Å². The van der Waals surface area contributed by atoms with Crippen molar-refractivity contribution in [2.24, 2.45) is 0 Å². The number of benzene rings is 1. The zero-order valence-corrected chi connectivity index (χ0v) is 11.1. The number of sulfonamides is 1. The fourth-order valence-electron chi connectivity index (χ4n) is 1.10. The minimum atomic E-state index is -3.53. The average Bonchev–Trinajstić information content (AvgIpc) is 2.28. The number of nitrogens with one attached hydrogen (secondary N) is 1. The van der Waals surface area contributed by atoms with Gasteiger partial charge in [0, 0.05) is 6.07 Å². The van der Waals surface area contributed by atoms with Crippen LogP contribution in [0.5, 0.6) is 5.75 Å². The van der Waals surface area contributed by atoms with Gasteiger partial charge in [-0.3, -0.25) is 14.8 Å². The van der Waals surface area contributed by atoms with Crippen molar-refractivity contribution in [3.8, 4) is 5.75 Å². The number of hydrogen-bond donors (Lipinski definition) is 1. The van der Waals surface area contributed by atoms with Gasteiger partial charge in [-0.05, 0) is 12.1 Å². The Labute approximate surface area is 106 Å². The molecule has 0 saturated carbocycles. The first-order valence-corrected chi connectivity index (χ1v) is 7.06. The summed E-state index contributed by atoms with van der Waals surface area (Å²) in [7, 11) is -2.24. The highest BCUT2D eigenvalue weighted by Gasteiger charge is 2.17. The van der Waals surface area contributed by atoms with Gasteiger partial charge in [0.15, 0.2) is 5.75 Å². The topological polar surface area (TPSA) is 98.5 Å². The van der Waals surface area contributed by atoms with E-state index in [0.29, 0.717) is 0 Å². The molecule has 1 aromatic rings. The first-order valence-electron chi connectivity index (χ1n) is 4.28. The number of ether oxygens (including phenoxy) is 1. The maximum absolute atomic E-state index is 11.2. The molecule has 17 heavy (non-hydrogen) atoms. The molecule has 0 bridgehead atoms. The molecule has 7 nitrogen and oxygen atoms in total. The van der Waals surface area contributed by atoms with E-state index in [1.54, 1.807) is 0 Å². The summed E-state index contributed by atoms with van der Waals surface area (Å²) in [6.45, 7) is 0. The second-order valence-electron chi connectivity index (χ2n) is 2.97. The average molecular weight is 325 g/mol. The van der Waals surface area contributed by atoms with Crippen LogP contribution in [0.15, 0.2) is 18.2 Å². The van der Waals surface area contributed by atoms with Crippen LogP contribution in [0.25, 0.3) is 0 Å². The third kappa shape index (κ3) is 3.56. The molecule has 0 spiro atoms. The van der Waals surface area contributed by atoms with Gasteiger partial charge >= 0.3 is 5.69 Å². The van der Waals surface area contributed by atoms with Gasteiger partial charge in [0.05, 0.1) is 17.7 Å². The van der Waals surface area contributed by atoms with E-state index in [4.69, 9.17) is 4.74 Å². The molecular formula is C8H9BrN2O5S. The summed E-state index contributed by atoms with van der Waals surface area (Å²) in [6.07, 6.45) is 0. The van der Waals surface area contributed by atoms with Crippen molar-refractivity contribution in [3.05, 3.63) is 28.3 Å². The number of methoxy groups -OCH3 is 1.